The highest BCUT2D eigenvalue weighted by Crippen LogP contribution is 2.33. The molecular formula is C8H13FO2. The van der Waals surface area contributed by atoms with Gasteiger partial charge in [-0.3, -0.25) is 0 Å². The molecule has 2 nitrogen and oxygen atoms in total. The standard InChI is InChI=1S/C8H13FO2/c1-2-5-3-10-8-6(9)4-11-7(5)8/h5-8H,2-4H2,1H3/t5-,6-,7-,8-/m1/s1. The Morgan fingerprint density at radius 3 is 2.73 bits per heavy atom. The Kier molecular flexibility index (Phi) is 1.85. The van der Waals surface area contributed by atoms with Gasteiger partial charge in [0.05, 0.1) is 19.3 Å². The van der Waals surface area contributed by atoms with Gasteiger partial charge in [-0.15, -0.1) is 0 Å². The van der Waals surface area contributed by atoms with Gasteiger partial charge in [-0.05, 0) is 6.42 Å². The Bertz CT molecular complexity index is 151. The molecular weight excluding hydrogens is 147 g/mol. The summed E-state index contributed by atoms with van der Waals surface area (Å²) in [5, 5.41) is 0. The summed E-state index contributed by atoms with van der Waals surface area (Å²) < 4.78 is 23.5. The van der Waals surface area contributed by atoms with Crippen LogP contribution in [0.2, 0.25) is 0 Å². The van der Waals surface area contributed by atoms with E-state index < -0.39 is 6.17 Å². The lowest BCUT2D eigenvalue weighted by Gasteiger charge is -2.12. The first-order chi connectivity index (χ1) is 5.33. The van der Waals surface area contributed by atoms with Crippen LogP contribution < -0.4 is 0 Å². The van der Waals surface area contributed by atoms with E-state index in [0.717, 1.165) is 6.42 Å². The molecule has 2 saturated heterocycles. The van der Waals surface area contributed by atoms with E-state index in [0.29, 0.717) is 12.5 Å². The van der Waals surface area contributed by atoms with Gasteiger partial charge < -0.3 is 9.47 Å². The van der Waals surface area contributed by atoms with E-state index in [1.165, 1.54) is 0 Å². The SMILES string of the molecule is CC[C@@H]1CO[C@H]2[C@@H]1OC[C@H]2F. The summed E-state index contributed by atoms with van der Waals surface area (Å²) in [4.78, 5) is 0. The van der Waals surface area contributed by atoms with Crippen LogP contribution in [0.1, 0.15) is 13.3 Å². The van der Waals surface area contributed by atoms with Gasteiger partial charge in [0.25, 0.3) is 0 Å². The minimum absolute atomic E-state index is 0.0370. The maximum absolute atomic E-state index is 12.9. The van der Waals surface area contributed by atoms with Crippen molar-refractivity contribution in [3.8, 4) is 0 Å². The van der Waals surface area contributed by atoms with Crippen molar-refractivity contribution in [2.75, 3.05) is 13.2 Å². The van der Waals surface area contributed by atoms with E-state index >= 15 is 0 Å². The molecule has 4 atom stereocenters. The Morgan fingerprint density at radius 2 is 2.00 bits per heavy atom. The molecule has 0 radical (unpaired) electrons. The molecule has 2 aliphatic heterocycles. The fraction of sp³-hybridized carbons (Fsp3) is 1.00. The summed E-state index contributed by atoms with van der Waals surface area (Å²) in [7, 11) is 0. The maximum Gasteiger partial charge on any atom is 0.152 e. The summed E-state index contributed by atoms with van der Waals surface area (Å²) >= 11 is 0. The molecule has 11 heavy (non-hydrogen) atoms. The molecule has 0 N–H and O–H groups in total. The fourth-order valence-corrected chi connectivity index (χ4v) is 1.88. The summed E-state index contributed by atoms with van der Waals surface area (Å²) in [5.74, 6) is 0.417. The number of halogens is 1. The highest BCUT2D eigenvalue weighted by molar-refractivity contribution is 4.93. The van der Waals surface area contributed by atoms with Crippen molar-refractivity contribution >= 4 is 0 Å². The predicted octanol–water partition coefficient (Wildman–Crippen LogP) is 1.15. The van der Waals surface area contributed by atoms with E-state index in [2.05, 4.69) is 6.92 Å². The maximum atomic E-state index is 12.9. The van der Waals surface area contributed by atoms with Crippen LogP contribution in [0.3, 0.4) is 0 Å². The van der Waals surface area contributed by atoms with Gasteiger partial charge in [0.15, 0.2) is 6.17 Å². The highest BCUT2D eigenvalue weighted by atomic mass is 19.1. The average molecular weight is 160 g/mol. The van der Waals surface area contributed by atoms with Crippen molar-refractivity contribution < 1.29 is 13.9 Å². The highest BCUT2D eigenvalue weighted by Gasteiger charge is 2.46. The van der Waals surface area contributed by atoms with Crippen LogP contribution in [-0.4, -0.2) is 31.6 Å². The van der Waals surface area contributed by atoms with Crippen LogP contribution in [-0.2, 0) is 9.47 Å². The van der Waals surface area contributed by atoms with Gasteiger partial charge in [0, 0.05) is 5.92 Å². The fourth-order valence-electron chi connectivity index (χ4n) is 1.88. The van der Waals surface area contributed by atoms with Crippen LogP contribution in [0, 0.1) is 5.92 Å². The van der Waals surface area contributed by atoms with Crippen molar-refractivity contribution in [3.05, 3.63) is 0 Å². The number of ether oxygens (including phenoxy) is 2. The van der Waals surface area contributed by atoms with Crippen molar-refractivity contribution in [2.45, 2.75) is 31.7 Å². The number of hydrogen-bond donors (Lipinski definition) is 0. The number of rotatable bonds is 1. The van der Waals surface area contributed by atoms with Crippen LogP contribution in [0.4, 0.5) is 4.39 Å². The third kappa shape index (κ3) is 1.07. The molecule has 3 heteroatoms. The third-order valence-electron chi connectivity index (χ3n) is 2.62. The third-order valence-corrected chi connectivity index (χ3v) is 2.62. The summed E-state index contributed by atoms with van der Waals surface area (Å²) in [5.41, 5.74) is 0. The van der Waals surface area contributed by atoms with Crippen LogP contribution in [0.5, 0.6) is 0 Å². The molecule has 2 rings (SSSR count). The molecule has 0 aromatic rings. The minimum atomic E-state index is -0.892. The lowest BCUT2D eigenvalue weighted by atomic mass is 9.99. The lowest BCUT2D eigenvalue weighted by molar-refractivity contribution is 0.0541. The number of fused-ring (bicyclic) bond motifs is 1. The predicted molar refractivity (Wildman–Crippen MR) is 38.2 cm³/mol. The second-order valence-electron chi connectivity index (χ2n) is 3.28. The smallest absolute Gasteiger partial charge is 0.152 e. The van der Waals surface area contributed by atoms with Crippen LogP contribution in [0.15, 0.2) is 0 Å². The molecule has 0 spiro atoms. The molecule has 0 aromatic heterocycles. The molecule has 0 aliphatic carbocycles. The van der Waals surface area contributed by atoms with Crippen LogP contribution in [0.25, 0.3) is 0 Å². The Hall–Kier alpha value is -0.150. The molecule has 0 aromatic carbocycles. The summed E-state index contributed by atoms with van der Waals surface area (Å²) in [6.45, 7) is 2.99. The van der Waals surface area contributed by atoms with Gasteiger partial charge in [-0.25, -0.2) is 4.39 Å². The molecule has 2 fully saturated rings. The Balaban J connectivity index is 2.04. The topological polar surface area (TPSA) is 18.5 Å². The van der Waals surface area contributed by atoms with Gasteiger partial charge in [0.1, 0.15) is 6.10 Å². The largest absolute Gasteiger partial charge is 0.372 e. The molecule has 64 valence electrons. The molecule has 0 unspecified atom stereocenters. The van der Waals surface area contributed by atoms with E-state index in [9.17, 15) is 4.39 Å². The zero-order chi connectivity index (χ0) is 7.84. The number of hydrogen-bond acceptors (Lipinski definition) is 2. The van der Waals surface area contributed by atoms with E-state index in [1.807, 2.05) is 0 Å². The van der Waals surface area contributed by atoms with Crippen molar-refractivity contribution in [3.63, 3.8) is 0 Å². The van der Waals surface area contributed by atoms with Gasteiger partial charge in [-0.1, -0.05) is 6.92 Å². The molecule has 2 aliphatic rings. The summed E-state index contributed by atoms with van der Waals surface area (Å²) in [6.07, 6.45) is -0.0973. The van der Waals surface area contributed by atoms with Crippen molar-refractivity contribution in [2.24, 2.45) is 5.92 Å². The second-order valence-corrected chi connectivity index (χ2v) is 3.28. The average Bonchev–Trinajstić information content (AvgIpc) is 2.53. The van der Waals surface area contributed by atoms with Crippen molar-refractivity contribution in [1.82, 2.24) is 0 Å². The van der Waals surface area contributed by atoms with Gasteiger partial charge in [-0.2, -0.15) is 0 Å². The zero-order valence-corrected chi connectivity index (χ0v) is 6.63. The normalized spacial score (nSPS) is 49.6. The molecule has 0 amide bonds. The second kappa shape index (κ2) is 2.72. The van der Waals surface area contributed by atoms with Crippen LogP contribution >= 0.6 is 0 Å². The Labute approximate surface area is 65.7 Å². The quantitative estimate of drug-likeness (QED) is 0.573. The van der Waals surface area contributed by atoms with Gasteiger partial charge in [0.2, 0.25) is 0 Å². The van der Waals surface area contributed by atoms with Crippen molar-refractivity contribution in [1.29, 1.82) is 0 Å². The van der Waals surface area contributed by atoms with Gasteiger partial charge >= 0.3 is 0 Å². The van der Waals surface area contributed by atoms with E-state index in [-0.39, 0.29) is 18.8 Å². The molecule has 2 heterocycles. The molecule has 0 bridgehead atoms. The molecule has 0 saturated carbocycles. The number of alkyl halides is 1. The zero-order valence-electron chi connectivity index (χ0n) is 6.63. The Morgan fingerprint density at radius 1 is 1.27 bits per heavy atom. The monoisotopic (exact) mass is 160 g/mol. The minimum Gasteiger partial charge on any atom is -0.372 e. The first-order valence-corrected chi connectivity index (χ1v) is 4.20. The first-order valence-electron chi connectivity index (χ1n) is 4.20. The van der Waals surface area contributed by atoms with E-state index in [1.54, 1.807) is 0 Å². The summed E-state index contributed by atoms with van der Waals surface area (Å²) in [6, 6.07) is 0. The lowest BCUT2D eigenvalue weighted by Crippen LogP contribution is -2.26. The first kappa shape index (κ1) is 7.50. The van der Waals surface area contributed by atoms with E-state index in [4.69, 9.17) is 9.47 Å².